The summed E-state index contributed by atoms with van der Waals surface area (Å²) in [6.45, 7) is 3.84. The number of halogens is 2. The molecule has 0 unspecified atom stereocenters. The van der Waals surface area contributed by atoms with E-state index in [1.54, 1.807) is 43.7 Å². The number of likely N-dealkylation sites (N-methyl/N-ethyl adjacent to an activating group) is 1. The fourth-order valence-electron chi connectivity index (χ4n) is 3.28. The van der Waals surface area contributed by atoms with Crippen LogP contribution in [-0.2, 0) is 16.6 Å². The Morgan fingerprint density at radius 1 is 1.29 bits per heavy atom. The Morgan fingerprint density at radius 3 is 2.74 bits per heavy atom. The molecule has 3 rings (SSSR count). The number of amides is 1. The molecule has 1 amide bonds. The summed E-state index contributed by atoms with van der Waals surface area (Å²) in [7, 11) is 1.60. The molecule has 0 bridgehead atoms. The van der Waals surface area contributed by atoms with E-state index < -0.39 is 11.6 Å². The van der Waals surface area contributed by atoms with Crippen LogP contribution in [0.1, 0.15) is 30.8 Å². The molecule has 3 aromatic rings. The average Bonchev–Trinajstić information content (AvgIpc) is 3.20. The summed E-state index contributed by atoms with van der Waals surface area (Å²) in [5.41, 5.74) is 0.632. The molecule has 0 radical (unpaired) electrons. The van der Waals surface area contributed by atoms with Gasteiger partial charge >= 0.3 is 0 Å². The van der Waals surface area contributed by atoms with Crippen molar-refractivity contribution in [2.45, 2.75) is 38.3 Å². The lowest BCUT2D eigenvalue weighted by Gasteiger charge is -2.31. The Balaban J connectivity index is 1.71. The van der Waals surface area contributed by atoms with E-state index >= 15 is 0 Å². The normalized spacial score (nSPS) is 14.0. The third kappa shape index (κ3) is 5.95. The first-order valence-electron chi connectivity index (χ1n) is 9.79. The zero-order valence-corrected chi connectivity index (χ0v) is 19.1. The molecule has 2 atom stereocenters. The van der Waals surface area contributed by atoms with Crippen molar-refractivity contribution >= 4 is 34.7 Å². The molecule has 164 valence electrons. The second-order valence-electron chi connectivity index (χ2n) is 7.52. The van der Waals surface area contributed by atoms with Crippen LogP contribution >= 0.6 is 22.9 Å². The lowest BCUT2D eigenvalue weighted by Crippen LogP contribution is -2.35. The molecule has 0 aliphatic heterocycles. The van der Waals surface area contributed by atoms with Crippen LogP contribution in [0.25, 0.3) is 10.7 Å². The molecule has 0 aliphatic rings. The van der Waals surface area contributed by atoms with Gasteiger partial charge in [0.05, 0.1) is 23.3 Å². The van der Waals surface area contributed by atoms with Gasteiger partial charge in [-0.25, -0.2) is 9.37 Å². The third-order valence-electron chi connectivity index (χ3n) is 4.77. The van der Waals surface area contributed by atoms with Crippen molar-refractivity contribution in [1.82, 2.24) is 25.5 Å². The second-order valence-corrected chi connectivity index (χ2v) is 9.04. The monoisotopic (exact) mass is 462 g/mol. The highest BCUT2D eigenvalue weighted by molar-refractivity contribution is 7.15. The van der Waals surface area contributed by atoms with E-state index in [0.717, 1.165) is 4.88 Å². The van der Waals surface area contributed by atoms with Gasteiger partial charge in [0.1, 0.15) is 16.5 Å². The molecular weight excluding hydrogens is 439 g/mol. The fourth-order valence-corrected chi connectivity index (χ4v) is 4.51. The first-order chi connectivity index (χ1) is 14.8. The minimum Gasteiger partial charge on any atom is -0.368 e. The molecule has 3 heterocycles. The van der Waals surface area contributed by atoms with Gasteiger partial charge in [-0.05, 0) is 37.6 Å². The Morgan fingerprint density at radius 2 is 2.10 bits per heavy atom. The topological polar surface area (TPSA) is 92.7 Å². The first kappa shape index (κ1) is 23.0. The molecule has 3 aromatic heterocycles. The van der Waals surface area contributed by atoms with Crippen molar-refractivity contribution in [3.05, 3.63) is 52.3 Å². The number of rotatable bonds is 9. The summed E-state index contributed by atoms with van der Waals surface area (Å²) in [5.74, 6) is 0.482. The molecule has 31 heavy (non-hydrogen) atoms. The Hall–Kier alpha value is -2.65. The van der Waals surface area contributed by atoms with Gasteiger partial charge in [-0.2, -0.15) is 0 Å². The van der Waals surface area contributed by atoms with Gasteiger partial charge < -0.3 is 10.6 Å². The summed E-state index contributed by atoms with van der Waals surface area (Å²) in [6.07, 6.45) is 2.84. The number of nitrogens with one attached hydrogen (secondary N) is 2. The predicted molar refractivity (Wildman–Crippen MR) is 121 cm³/mol. The highest BCUT2D eigenvalue weighted by Gasteiger charge is 2.32. The zero-order valence-electron chi connectivity index (χ0n) is 17.5. The summed E-state index contributed by atoms with van der Waals surface area (Å²) < 4.78 is 13.9. The van der Waals surface area contributed by atoms with E-state index in [1.165, 1.54) is 18.3 Å². The number of aromatic nitrogens is 4. The van der Waals surface area contributed by atoms with Gasteiger partial charge in [-0.1, -0.05) is 18.5 Å². The number of anilines is 1. The van der Waals surface area contributed by atoms with Gasteiger partial charge in [0, 0.05) is 36.3 Å². The Labute approximate surface area is 189 Å². The lowest BCUT2D eigenvalue weighted by atomic mass is 9.81. The van der Waals surface area contributed by atoms with Crippen molar-refractivity contribution in [3.8, 4) is 10.7 Å². The summed E-state index contributed by atoms with van der Waals surface area (Å²) in [5, 5.41) is 15.5. The maximum atomic E-state index is 13.9. The van der Waals surface area contributed by atoms with E-state index in [9.17, 15) is 9.18 Å². The minimum atomic E-state index is -1.02. The van der Waals surface area contributed by atoms with Crippen molar-refractivity contribution in [3.63, 3.8) is 0 Å². The van der Waals surface area contributed by atoms with Crippen LogP contribution in [0.15, 0.2) is 36.7 Å². The van der Waals surface area contributed by atoms with Gasteiger partial charge in [0.2, 0.25) is 5.91 Å². The largest absolute Gasteiger partial charge is 0.368 e. The Kier molecular flexibility index (Phi) is 7.50. The van der Waals surface area contributed by atoms with E-state index in [0.29, 0.717) is 33.8 Å². The number of hydrogen-bond acceptors (Lipinski definition) is 7. The summed E-state index contributed by atoms with van der Waals surface area (Å²) in [6, 6.07) is 7.11. The number of hydrogen-bond donors (Lipinski definition) is 2. The van der Waals surface area contributed by atoms with E-state index in [2.05, 4.69) is 30.8 Å². The smallest absolute Gasteiger partial charge is 0.225 e. The van der Waals surface area contributed by atoms with Gasteiger partial charge in [-0.15, -0.1) is 21.5 Å². The number of carbonyl (C=O) groups excluding carboxylic acids is 1. The van der Waals surface area contributed by atoms with Crippen LogP contribution in [0.4, 0.5) is 10.2 Å². The highest BCUT2D eigenvalue weighted by Crippen LogP contribution is 2.33. The summed E-state index contributed by atoms with van der Waals surface area (Å²) >= 11 is 7.73. The number of pyridine rings is 1. The SMILES string of the molecule is CNC(=O)Cc1cnc(-c2ccc(NC[C@](C)(C[C@H](C)F)c3ncccc3Cl)nn2)s1. The predicted octanol–water partition coefficient (Wildman–Crippen LogP) is 4.05. The Bertz CT molecular complexity index is 1030. The molecule has 0 aliphatic carbocycles. The standard InChI is InChI=1S/C21H24ClFN6OS/c1-13(23)10-21(2,19-15(22)5-4-8-25-19)12-27-17-7-6-16(28-29-17)20-26-11-14(31-20)9-18(30)24-3/h4-8,11,13H,9-10,12H2,1-3H3,(H,24,30)(H,27,29)/t13-,21-/m0/s1. The number of carbonyl (C=O) groups is 1. The van der Waals surface area contributed by atoms with Crippen molar-refractivity contribution < 1.29 is 9.18 Å². The molecule has 10 heteroatoms. The number of nitrogens with zero attached hydrogens (tertiary/aromatic N) is 4. The van der Waals surface area contributed by atoms with Crippen LogP contribution in [0.3, 0.4) is 0 Å². The molecule has 0 aromatic carbocycles. The second kappa shape index (κ2) is 10.1. The summed E-state index contributed by atoms with van der Waals surface area (Å²) in [4.78, 5) is 21.1. The van der Waals surface area contributed by atoms with Crippen LogP contribution in [-0.4, -0.2) is 45.8 Å². The average molecular weight is 463 g/mol. The van der Waals surface area contributed by atoms with E-state index in [4.69, 9.17) is 11.6 Å². The third-order valence-corrected chi connectivity index (χ3v) is 6.10. The number of thiazole rings is 1. The molecule has 2 N–H and O–H groups in total. The molecular formula is C21H24ClFN6OS. The fraction of sp³-hybridized carbons (Fsp3) is 0.381. The molecule has 0 saturated carbocycles. The van der Waals surface area contributed by atoms with Crippen molar-refractivity contribution in [2.75, 3.05) is 18.9 Å². The quantitative estimate of drug-likeness (QED) is 0.498. The van der Waals surface area contributed by atoms with Crippen molar-refractivity contribution in [1.29, 1.82) is 0 Å². The van der Waals surface area contributed by atoms with Crippen LogP contribution < -0.4 is 10.6 Å². The van der Waals surface area contributed by atoms with E-state index in [-0.39, 0.29) is 18.7 Å². The molecule has 0 spiro atoms. The molecule has 0 fully saturated rings. The maximum Gasteiger partial charge on any atom is 0.225 e. The molecule has 0 saturated heterocycles. The highest BCUT2D eigenvalue weighted by atomic mass is 35.5. The number of alkyl halides is 1. The van der Waals surface area contributed by atoms with Gasteiger partial charge in [-0.3, -0.25) is 9.78 Å². The first-order valence-corrected chi connectivity index (χ1v) is 11.0. The maximum absolute atomic E-state index is 13.9. The minimum absolute atomic E-state index is 0.0699. The lowest BCUT2D eigenvalue weighted by molar-refractivity contribution is -0.119. The van der Waals surface area contributed by atoms with Crippen LogP contribution in [0.2, 0.25) is 5.02 Å². The zero-order chi connectivity index (χ0) is 22.4. The van der Waals surface area contributed by atoms with Crippen molar-refractivity contribution in [2.24, 2.45) is 0 Å². The van der Waals surface area contributed by atoms with Gasteiger partial charge in [0.25, 0.3) is 0 Å². The van der Waals surface area contributed by atoms with Crippen LogP contribution in [0, 0.1) is 0 Å². The van der Waals surface area contributed by atoms with Gasteiger partial charge in [0.15, 0.2) is 0 Å². The van der Waals surface area contributed by atoms with Crippen LogP contribution in [0.5, 0.6) is 0 Å². The van der Waals surface area contributed by atoms with E-state index in [1.807, 2.05) is 6.92 Å². The molecule has 7 nitrogen and oxygen atoms in total.